The number of thiazole rings is 1. The van der Waals surface area contributed by atoms with Crippen LogP contribution >= 0.6 is 11.3 Å². The van der Waals surface area contributed by atoms with Gasteiger partial charge in [-0.3, -0.25) is 14.4 Å². The van der Waals surface area contributed by atoms with Gasteiger partial charge in [-0.25, -0.2) is 13.4 Å². The molecule has 3 aromatic carbocycles. The van der Waals surface area contributed by atoms with Crippen LogP contribution < -0.4 is 9.62 Å². The molecule has 1 aliphatic rings. The molecule has 0 unspecified atom stereocenters. The van der Waals surface area contributed by atoms with Crippen molar-refractivity contribution >= 4 is 38.1 Å². The lowest BCUT2D eigenvalue weighted by molar-refractivity contribution is 0.102. The Balaban J connectivity index is 1.32. The average Bonchev–Trinajstić information content (AvgIpc) is 3.32. The third kappa shape index (κ3) is 4.34. The molecule has 0 fully saturated rings. The quantitative estimate of drug-likeness (QED) is 0.401. The average molecular weight is 490 g/mol. The number of carbonyl (C=O) groups excluding carboxylic acids is 1. The van der Waals surface area contributed by atoms with Crippen molar-refractivity contribution in [3.63, 3.8) is 0 Å². The van der Waals surface area contributed by atoms with E-state index in [-0.39, 0.29) is 10.8 Å². The van der Waals surface area contributed by atoms with E-state index >= 15 is 0 Å². The van der Waals surface area contributed by atoms with E-state index in [0.29, 0.717) is 17.2 Å². The van der Waals surface area contributed by atoms with Crippen LogP contribution in [0.4, 0.5) is 10.8 Å². The minimum Gasteiger partial charge on any atom is -0.298 e. The third-order valence-electron chi connectivity index (χ3n) is 5.84. The summed E-state index contributed by atoms with van der Waals surface area (Å²) in [6.45, 7) is 2.47. The highest BCUT2D eigenvalue weighted by Crippen LogP contribution is 2.32. The van der Waals surface area contributed by atoms with Gasteiger partial charge in [0, 0.05) is 23.1 Å². The Morgan fingerprint density at radius 3 is 2.50 bits per heavy atom. The van der Waals surface area contributed by atoms with E-state index in [4.69, 9.17) is 0 Å². The summed E-state index contributed by atoms with van der Waals surface area (Å²) in [4.78, 5) is 17.4. The maximum absolute atomic E-state index is 13.3. The van der Waals surface area contributed by atoms with Crippen molar-refractivity contribution in [2.24, 2.45) is 0 Å². The highest BCUT2D eigenvalue weighted by molar-refractivity contribution is 7.92. The SMILES string of the molecule is Cc1ccc(-c2csc(NC(=O)c3ccc(S(=O)(=O)N4CCCc5ccccc54)cc3)n2)cc1. The molecule has 1 aromatic heterocycles. The molecule has 0 saturated heterocycles. The molecule has 2 heterocycles. The van der Waals surface area contributed by atoms with Crippen LogP contribution in [0.2, 0.25) is 0 Å². The number of nitrogens with zero attached hydrogens (tertiary/aromatic N) is 2. The fraction of sp³-hybridized carbons (Fsp3) is 0.154. The molecule has 34 heavy (non-hydrogen) atoms. The second-order valence-corrected chi connectivity index (χ2v) is 10.9. The van der Waals surface area contributed by atoms with Crippen molar-refractivity contribution in [3.05, 3.63) is 94.9 Å². The summed E-state index contributed by atoms with van der Waals surface area (Å²) in [7, 11) is -3.72. The molecule has 172 valence electrons. The molecule has 1 aliphatic heterocycles. The van der Waals surface area contributed by atoms with Gasteiger partial charge in [0.05, 0.1) is 16.3 Å². The molecule has 8 heteroatoms. The number of sulfonamides is 1. The Hall–Kier alpha value is -3.49. The number of para-hydroxylation sites is 1. The minimum atomic E-state index is -3.72. The zero-order chi connectivity index (χ0) is 23.7. The number of nitrogens with one attached hydrogen (secondary N) is 1. The predicted molar refractivity (Wildman–Crippen MR) is 136 cm³/mol. The Labute approximate surface area is 203 Å². The van der Waals surface area contributed by atoms with E-state index in [0.717, 1.165) is 35.3 Å². The second-order valence-electron chi connectivity index (χ2n) is 8.19. The molecule has 6 nitrogen and oxygen atoms in total. The molecule has 0 bridgehead atoms. The zero-order valence-electron chi connectivity index (χ0n) is 18.6. The number of fused-ring (bicyclic) bond motifs is 1. The largest absolute Gasteiger partial charge is 0.298 e. The first-order valence-electron chi connectivity index (χ1n) is 11.0. The van der Waals surface area contributed by atoms with E-state index in [2.05, 4.69) is 10.3 Å². The zero-order valence-corrected chi connectivity index (χ0v) is 20.2. The van der Waals surface area contributed by atoms with Gasteiger partial charge in [0.1, 0.15) is 0 Å². The second kappa shape index (κ2) is 9.04. The van der Waals surface area contributed by atoms with E-state index in [1.165, 1.54) is 45.5 Å². The molecule has 1 amide bonds. The smallest absolute Gasteiger partial charge is 0.264 e. The molecular weight excluding hydrogens is 466 g/mol. The van der Waals surface area contributed by atoms with Crippen molar-refractivity contribution in [2.45, 2.75) is 24.7 Å². The van der Waals surface area contributed by atoms with Crippen LogP contribution in [-0.2, 0) is 16.4 Å². The molecule has 1 N–H and O–H groups in total. The summed E-state index contributed by atoms with van der Waals surface area (Å²) in [5.74, 6) is -0.336. The normalized spacial score (nSPS) is 13.4. The number of hydrogen-bond donors (Lipinski definition) is 1. The van der Waals surface area contributed by atoms with Gasteiger partial charge < -0.3 is 0 Å². The van der Waals surface area contributed by atoms with Gasteiger partial charge in [-0.1, -0.05) is 48.0 Å². The summed E-state index contributed by atoms with van der Waals surface area (Å²) < 4.78 is 28.1. The molecule has 0 spiro atoms. The molecule has 0 radical (unpaired) electrons. The minimum absolute atomic E-state index is 0.164. The maximum Gasteiger partial charge on any atom is 0.264 e. The van der Waals surface area contributed by atoms with Crippen molar-refractivity contribution in [1.29, 1.82) is 0 Å². The van der Waals surface area contributed by atoms with Crippen LogP contribution in [0.3, 0.4) is 0 Å². The van der Waals surface area contributed by atoms with E-state index in [9.17, 15) is 13.2 Å². The number of rotatable bonds is 5. The standard InChI is InChI=1S/C26H23N3O3S2/c1-18-8-10-19(11-9-18)23-17-33-26(27-23)28-25(30)21-12-14-22(15-13-21)34(31,32)29-16-4-6-20-5-2-3-7-24(20)29/h2-3,5,7-15,17H,4,6,16H2,1H3,(H,27,28,30). The summed E-state index contributed by atoms with van der Waals surface area (Å²) in [5, 5.41) is 5.19. The van der Waals surface area contributed by atoms with Gasteiger partial charge in [-0.15, -0.1) is 11.3 Å². The van der Waals surface area contributed by atoms with Crippen molar-refractivity contribution in [2.75, 3.05) is 16.2 Å². The van der Waals surface area contributed by atoms with Crippen LogP contribution in [0.15, 0.2) is 83.1 Å². The Morgan fingerprint density at radius 1 is 1.00 bits per heavy atom. The summed E-state index contributed by atoms with van der Waals surface area (Å²) in [6, 6.07) is 21.7. The Kier molecular flexibility index (Phi) is 5.93. The summed E-state index contributed by atoms with van der Waals surface area (Å²) >= 11 is 1.35. The molecular formula is C26H23N3O3S2. The Morgan fingerprint density at radius 2 is 1.74 bits per heavy atom. The van der Waals surface area contributed by atoms with Crippen LogP contribution in [0.5, 0.6) is 0 Å². The number of anilines is 2. The first kappa shape index (κ1) is 22.3. The van der Waals surface area contributed by atoms with Gasteiger partial charge in [-0.2, -0.15) is 0 Å². The highest BCUT2D eigenvalue weighted by Gasteiger charge is 2.29. The fourth-order valence-electron chi connectivity index (χ4n) is 4.01. The van der Waals surface area contributed by atoms with Crippen molar-refractivity contribution in [3.8, 4) is 11.3 Å². The molecule has 4 aromatic rings. The topological polar surface area (TPSA) is 79.4 Å². The molecule has 5 rings (SSSR count). The van der Waals surface area contributed by atoms with Crippen LogP contribution in [-0.4, -0.2) is 25.9 Å². The number of aromatic nitrogens is 1. The van der Waals surface area contributed by atoms with Gasteiger partial charge >= 0.3 is 0 Å². The van der Waals surface area contributed by atoms with Crippen molar-refractivity contribution < 1.29 is 13.2 Å². The lowest BCUT2D eigenvalue weighted by atomic mass is 10.0. The van der Waals surface area contributed by atoms with Crippen LogP contribution in [0, 0.1) is 6.92 Å². The van der Waals surface area contributed by atoms with Crippen LogP contribution in [0.1, 0.15) is 27.9 Å². The van der Waals surface area contributed by atoms with E-state index < -0.39 is 10.0 Å². The number of aryl methyl sites for hydroxylation is 2. The Bertz CT molecular complexity index is 1440. The van der Waals surface area contributed by atoms with Gasteiger partial charge in [0.15, 0.2) is 5.13 Å². The highest BCUT2D eigenvalue weighted by atomic mass is 32.2. The summed E-state index contributed by atoms with van der Waals surface area (Å²) in [6.07, 6.45) is 1.64. The molecule has 0 atom stereocenters. The van der Waals surface area contributed by atoms with Gasteiger partial charge in [0.25, 0.3) is 15.9 Å². The predicted octanol–water partition coefficient (Wildman–Crippen LogP) is 5.51. The maximum atomic E-state index is 13.3. The molecule has 0 aliphatic carbocycles. The van der Waals surface area contributed by atoms with Crippen molar-refractivity contribution in [1.82, 2.24) is 4.98 Å². The van der Waals surface area contributed by atoms with Gasteiger partial charge in [-0.05, 0) is 55.7 Å². The first-order valence-corrected chi connectivity index (χ1v) is 13.3. The van der Waals surface area contributed by atoms with Gasteiger partial charge in [0.2, 0.25) is 0 Å². The fourth-order valence-corrected chi connectivity index (χ4v) is 6.27. The van der Waals surface area contributed by atoms with E-state index in [1.54, 1.807) is 0 Å². The first-order chi connectivity index (χ1) is 16.4. The third-order valence-corrected chi connectivity index (χ3v) is 8.43. The number of benzene rings is 3. The summed E-state index contributed by atoms with van der Waals surface area (Å²) in [5.41, 5.74) is 5.07. The number of hydrogen-bond acceptors (Lipinski definition) is 5. The van der Waals surface area contributed by atoms with E-state index in [1.807, 2.05) is 60.8 Å². The number of amides is 1. The lowest BCUT2D eigenvalue weighted by Crippen LogP contribution is -2.35. The number of carbonyl (C=O) groups is 1. The lowest BCUT2D eigenvalue weighted by Gasteiger charge is -2.30. The van der Waals surface area contributed by atoms with Crippen LogP contribution in [0.25, 0.3) is 11.3 Å². The molecule has 0 saturated carbocycles. The monoisotopic (exact) mass is 489 g/mol.